The third kappa shape index (κ3) is 5.72. The molecular weight excluding hydrogens is 444 g/mol. The van der Waals surface area contributed by atoms with Gasteiger partial charge in [0.2, 0.25) is 15.9 Å². The van der Waals surface area contributed by atoms with Gasteiger partial charge in [-0.25, -0.2) is 8.42 Å². The normalized spacial score (nSPS) is 14.5. The summed E-state index contributed by atoms with van der Waals surface area (Å²) in [6, 6.07) is 19.1. The van der Waals surface area contributed by atoms with Crippen molar-refractivity contribution in [2.24, 2.45) is 0 Å². The van der Waals surface area contributed by atoms with Crippen LogP contribution in [0.15, 0.2) is 71.6 Å². The van der Waals surface area contributed by atoms with Gasteiger partial charge in [0.25, 0.3) is 5.91 Å². The highest BCUT2D eigenvalue weighted by Crippen LogP contribution is 2.18. The summed E-state index contributed by atoms with van der Waals surface area (Å²) < 4.78 is 37.4. The number of aromatic nitrogens is 2. The third-order valence-corrected chi connectivity index (χ3v) is 6.98. The standard InChI is InChI=1S/C23H24N4O5S/c28-23(19-6-8-20(9-7-19)33(29,30)27-13-16-31-17-14-27)24-12-15-32-22-11-10-21(25-26-22)18-4-2-1-3-5-18/h1-11H,12-17H2,(H,24,28). The van der Waals surface area contributed by atoms with Crippen LogP contribution in [0.2, 0.25) is 0 Å². The van der Waals surface area contributed by atoms with Crippen LogP contribution in [0.4, 0.5) is 0 Å². The molecule has 2 heterocycles. The molecular formula is C23H24N4O5S. The van der Waals surface area contributed by atoms with E-state index in [1.54, 1.807) is 6.07 Å². The van der Waals surface area contributed by atoms with Gasteiger partial charge in [-0.1, -0.05) is 30.3 Å². The molecule has 3 aromatic rings. The Morgan fingerprint density at radius 2 is 1.70 bits per heavy atom. The van der Waals surface area contributed by atoms with Crippen molar-refractivity contribution in [3.8, 4) is 17.1 Å². The van der Waals surface area contributed by atoms with Crippen molar-refractivity contribution in [2.45, 2.75) is 4.90 Å². The van der Waals surface area contributed by atoms with E-state index in [2.05, 4.69) is 15.5 Å². The maximum absolute atomic E-state index is 12.7. The first kappa shape index (κ1) is 22.8. The molecule has 1 fully saturated rings. The molecule has 1 N–H and O–H groups in total. The number of nitrogens with zero attached hydrogens (tertiary/aromatic N) is 3. The monoisotopic (exact) mass is 468 g/mol. The predicted molar refractivity (Wildman–Crippen MR) is 121 cm³/mol. The van der Waals surface area contributed by atoms with Crippen LogP contribution in [0.1, 0.15) is 10.4 Å². The molecule has 1 aliphatic rings. The number of amides is 1. The zero-order valence-corrected chi connectivity index (χ0v) is 18.7. The lowest BCUT2D eigenvalue weighted by atomic mass is 10.1. The SMILES string of the molecule is O=C(NCCOc1ccc(-c2ccccc2)nn1)c1ccc(S(=O)(=O)N2CCOCC2)cc1. The smallest absolute Gasteiger partial charge is 0.251 e. The zero-order valence-electron chi connectivity index (χ0n) is 17.9. The van der Waals surface area contributed by atoms with Crippen molar-refractivity contribution >= 4 is 15.9 Å². The summed E-state index contributed by atoms with van der Waals surface area (Å²) in [5.41, 5.74) is 2.07. The molecule has 172 valence electrons. The summed E-state index contributed by atoms with van der Waals surface area (Å²) >= 11 is 0. The first-order valence-electron chi connectivity index (χ1n) is 10.5. The second-order valence-electron chi connectivity index (χ2n) is 7.27. The van der Waals surface area contributed by atoms with Gasteiger partial charge in [0, 0.05) is 30.3 Å². The second-order valence-corrected chi connectivity index (χ2v) is 9.21. The van der Waals surface area contributed by atoms with Crippen LogP contribution < -0.4 is 10.1 Å². The molecule has 4 rings (SSSR count). The minimum atomic E-state index is -3.59. The Balaban J connectivity index is 1.25. The molecule has 33 heavy (non-hydrogen) atoms. The number of carbonyl (C=O) groups is 1. The first-order chi connectivity index (χ1) is 16.0. The summed E-state index contributed by atoms with van der Waals surface area (Å²) in [7, 11) is -3.59. The van der Waals surface area contributed by atoms with Crippen LogP contribution in [0.5, 0.6) is 5.88 Å². The highest BCUT2D eigenvalue weighted by molar-refractivity contribution is 7.89. The summed E-state index contributed by atoms with van der Waals surface area (Å²) in [5, 5.41) is 10.9. The van der Waals surface area contributed by atoms with Gasteiger partial charge in [0.05, 0.1) is 30.3 Å². The fourth-order valence-electron chi connectivity index (χ4n) is 3.30. The molecule has 0 aliphatic carbocycles. The number of carbonyl (C=O) groups excluding carboxylic acids is 1. The molecule has 1 amide bonds. The molecule has 1 aliphatic heterocycles. The van der Waals surface area contributed by atoms with Gasteiger partial charge in [-0.3, -0.25) is 4.79 Å². The Morgan fingerprint density at radius 3 is 2.36 bits per heavy atom. The Hall–Kier alpha value is -3.34. The van der Waals surface area contributed by atoms with Crippen LogP contribution in [0, 0.1) is 0 Å². The van der Waals surface area contributed by atoms with Gasteiger partial charge in [-0.2, -0.15) is 4.31 Å². The van der Waals surface area contributed by atoms with E-state index in [1.165, 1.54) is 28.6 Å². The first-order valence-corrected chi connectivity index (χ1v) is 12.0. The van der Waals surface area contributed by atoms with E-state index >= 15 is 0 Å². The Labute approximate surface area is 192 Å². The average molecular weight is 469 g/mol. The van der Waals surface area contributed by atoms with Crippen molar-refractivity contribution < 1.29 is 22.7 Å². The van der Waals surface area contributed by atoms with Gasteiger partial charge in [0.15, 0.2) is 0 Å². The highest BCUT2D eigenvalue weighted by atomic mass is 32.2. The van der Waals surface area contributed by atoms with E-state index in [-0.39, 0.29) is 24.0 Å². The summed E-state index contributed by atoms with van der Waals surface area (Å²) in [4.78, 5) is 12.5. The minimum Gasteiger partial charge on any atom is -0.475 e. The van der Waals surface area contributed by atoms with E-state index in [0.717, 1.165) is 11.3 Å². The van der Waals surface area contributed by atoms with E-state index < -0.39 is 10.0 Å². The zero-order chi connectivity index (χ0) is 23.1. The van der Waals surface area contributed by atoms with Crippen LogP contribution >= 0.6 is 0 Å². The fourth-order valence-corrected chi connectivity index (χ4v) is 4.70. The van der Waals surface area contributed by atoms with E-state index in [9.17, 15) is 13.2 Å². The number of hydrogen-bond donors (Lipinski definition) is 1. The molecule has 0 saturated carbocycles. The number of ether oxygens (including phenoxy) is 2. The number of hydrogen-bond acceptors (Lipinski definition) is 7. The lowest BCUT2D eigenvalue weighted by Crippen LogP contribution is -2.40. The maximum atomic E-state index is 12.7. The Kier molecular flexibility index (Phi) is 7.28. The van der Waals surface area contributed by atoms with E-state index in [4.69, 9.17) is 9.47 Å². The summed E-state index contributed by atoms with van der Waals surface area (Å²) in [5.74, 6) is 0.0426. The van der Waals surface area contributed by atoms with E-state index in [1.807, 2.05) is 36.4 Å². The number of morpholine rings is 1. The molecule has 0 unspecified atom stereocenters. The Morgan fingerprint density at radius 1 is 0.970 bits per heavy atom. The minimum absolute atomic E-state index is 0.154. The quantitative estimate of drug-likeness (QED) is 0.503. The van der Waals surface area contributed by atoms with Gasteiger partial charge in [-0.05, 0) is 30.3 Å². The van der Waals surface area contributed by atoms with Crippen LogP contribution in [0.3, 0.4) is 0 Å². The molecule has 2 aromatic carbocycles. The average Bonchev–Trinajstić information content (AvgIpc) is 2.88. The molecule has 0 spiro atoms. The lowest BCUT2D eigenvalue weighted by molar-refractivity contribution is 0.0730. The van der Waals surface area contributed by atoms with Gasteiger partial charge in [-0.15, -0.1) is 10.2 Å². The van der Waals surface area contributed by atoms with Crippen molar-refractivity contribution in [3.05, 3.63) is 72.3 Å². The lowest BCUT2D eigenvalue weighted by Gasteiger charge is -2.26. The van der Waals surface area contributed by atoms with Crippen LogP contribution in [-0.4, -0.2) is 68.3 Å². The number of nitrogens with one attached hydrogen (secondary N) is 1. The topological polar surface area (TPSA) is 111 Å². The predicted octanol–water partition coefficient (Wildman–Crippen LogP) is 1.97. The molecule has 0 bridgehead atoms. The Bertz CT molecular complexity index is 1160. The molecule has 0 radical (unpaired) electrons. The second kappa shape index (κ2) is 10.5. The molecule has 0 atom stereocenters. The fraction of sp³-hybridized carbons (Fsp3) is 0.261. The number of benzene rings is 2. The molecule has 9 nitrogen and oxygen atoms in total. The number of sulfonamides is 1. The largest absolute Gasteiger partial charge is 0.475 e. The summed E-state index contributed by atoms with van der Waals surface area (Å²) in [6.07, 6.45) is 0. The van der Waals surface area contributed by atoms with Crippen molar-refractivity contribution in [2.75, 3.05) is 39.5 Å². The van der Waals surface area contributed by atoms with E-state index in [0.29, 0.717) is 37.7 Å². The summed E-state index contributed by atoms with van der Waals surface area (Å²) in [6.45, 7) is 1.88. The van der Waals surface area contributed by atoms with Gasteiger partial charge in [0.1, 0.15) is 6.61 Å². The van der Waals surface area contributed by atoms with Crippen molar-refractivity contribution in [1.29, 1.82) is 0 Å². The van der Waals surface area contributed by atoms with Gasteiger partial charge < -0.3 is 14.8 Å². The third-order valence-electron chi connectivity index (χ3n) is 5.07. The van der Waals surface area contributed by atoms with Crippen molar-refractivity contribution in [3.63, 3.8) is 0 Å². The maximum Gasteiger partial charge on any atom is 0.251 e. The van der Waals surface area contributed by atoms with Crippen LogP contribution in [0.25, 0.3) is 11.3 Å². The molecule has 1 saturated heterocycles. The van der Waals surface area contributed by atoms with Crippen molar-refractivity contribution in [1.82, 2.24) is 19.8 Å². The van der Waals surface area contributed by atoms with Crippen LogP contribution in [-0.2, 0) is 14.8 Å². The molecule has 10 heteroatoms. The molecule has 1 aromatic heterocycles. The number of rotatable bonds is 8. The highest BCUT2D eigenvalue weighted by Gasteiger charge is 2.26. The van der Waals surface area contributed by atoms with Gasteiger partial charge >= 0.3 is 0 Å².